The van der Waals surface area contributed by atoms with Crippen LogP contribution in [0.5, 0.6) is 0 Å². The van der Waals surface area contributed by atoms with E-state index in [1.807, 2.05) is 12.1 Å². The van der Waals surface area contributed by atoms with Gasteiger partial charge in [-0.15, -0.1) is 5.10 Å². The quantitative estimate of drug-likeness (QED) is 0.609. The van der Waals surface area contributed by atoms with E-state index in [1.165, 1.54) is 10.9 Å². The summed E-state index contributed by atoms with van der Waals surface area (Å²) in [6.45, 7) is 0. The predicted molar refractivity (Wildman–Crippen MR) is 59.9 cm³/mol. The first-order valence-corrected chi connectivity index (χ1v) is 4.89. The normalized spacial score (nSPS) is 10.3. The van der Waals surface area contributed by atoms with Crippen LogP contribution in [0.15, 0.2) is 30.5 Å². The van der Waals surface area contributed by atoms with Crippen LogP contribution in [-0.4, -0.2) is 20.8 Å². The summed E-state index contributed by atoms with van der Waals surface area (Å²) in [5.74, 6) is -0.00253. The Morgan fingerprint density at radius 2 is 2.06 bits per heavy atom. The molecule has 0 amide bonds. The largest absolute Gasteiger partial charge is 0.399 e. The second-order valence-corrected chi connectivity index (χ2v) is 3.58. The number of benzene rings is 1. The molecular formula is C11H12N4O. The molecule has 0 fully saturated rings. The Morgan fingerprint density at radius 3 is 2.62 bits per heavy atom. The number of ketones is 1. The molecule has 1 aromatic heterocycles. The van der Waals surface area contributed by atoms with Crippen molar-refractivity contribution >= 4 is 11.5 Å². The highest BCUT2D eigenvalue weighted by molar-refractivity contribution is 5.95. The number of hydrogen-bond donors (Lipinski definition) is 1. The van der Waals surface area contributed by atoms with E-state index >= 15 is 0 Å². The van der Waals surface area contributed by atoms with Gasteiger partial charge in [-0.1, -0.05) is 17.3 Å². The maximum absolute atomic E-state index is 11.8. The molecule has 0 aliphatic carbocycles. The highest BCUT2D eigenvalue weighted by Crippen LogP contribution is 2.09. The minimum atomic E-state index is -0.00253. The molecule has 2 N–H and O–H groups in total. The average molecular weight is 216 g/mol. The number of Topliss-reactive ketones (excluding diaryl/α,β-unsaturated/α-hetero) is 1. The highest BCUT2D eigenvalue weighted by atomic mass is 16.1. The first-order chi connectivity index (χ1) is 7.66. The molecule has 0 saturated carbocycles. The van der Waals surface area contributed by atoms with Crippen LogP contribution in [-0.2, 0) is 13.5 Å². The van der Waals surface area contributed by atoms with Crippen LogP contribution in [0.2, 0.25) is 0 Å². The van der Waals surface area contributed by atoms with Crippen LogP contribution in [0, 0.1) is 0 Å². The SMILES string of the molecule is Cn1nncc1C(=O)Cc1ccc(N)cc1. The summed E-state index contributed by atoms with van der Waals surface area (Å²) in [6, 6.07) is 7.25. The maximum Gasteiger partial charge on any atom is 0.186 e. The Balaban J connectivity index is 2.14. The van der Waals surface area contributed by atoms with Crippen molar-refractivity contribution in [2.75, 3.05) is 5.73 Å². The summed E-state index contributed by atoms with van der Waals surface area (Å²) in [7, 11) is 1.70. The average Bonchev–Trinajstić information content (AvgIpc) is 2.68. The van der Waals surface area contributed by atoms with Gasteiger partial charge < -0.3 is 5.73 Å². The van der Waals surface area contributed by atoms with Crippen molar-refractivity contribution < 1.29 is 4.79 Å². The fraction of sp³-hybridized carbons (Fsp3) is 0.182. The van der Waals surface area contributed by atoms with Crippen molar-refractivity contribution in [3.8, 4) is 0 Å². The number of nitrogen functional groups attached to an aromatic ring is 1. The Morgan fingerprint density at radius 1 is 1.38 bits per heavy atom. The monoisotopic (exact) mass is 216 g/mol. The lowest BCUT2D eigenvalue weighted by atomic mass is 10.1. The van der Waals surface area contributed by atoms with Crippen molar-refractivity contribution in [1.82, 2.24) is 15.0 Å². The van der Waals surface area contributed by atoms with Crippen molar-refractivity contribution in [3.63, 3.8) is 0 Å². The maximum atomic E-state index is 11.8. The number of aromatic nitrogens is 3. The van der Waals surface area contributed by atoms with Crippen LogP contribution >= 0.6 is 0 Å². The summed E-state index contributed by atoms with van der Waals surface area (Å²) in [5, 5.41) is 7.39. The van der Waals surface area contributed by atoms with E-state index in [9.17, 15) is 4.79 Å². The number of rotatable bonds is 3. The lowest BCUT2D eigenvalue weighted by molar-refractivity contribution is 0.0984. The Hall–Kier alpha value is -2.17. The van der Waals surface area contributed by atoms with Crippen molar-refractivity contribution in [1.29, 1.82) is 0 Å². The van der Waals surface area contributed by atoms with Crippen molar-refractivity contribution in [3.05, 3.63) is 41.7 Å². The molecule has 5 nitrogen and oxygen atoms in total. The number of carbonyl (C=O) groups excluding carboxylic acids is 1. The van der Waals surface area contributed by atoms with Crippen LogP contribution in [0.3, 0.4) is 0 Å². The van der Waals surface area contributed by atoms with Gasteiger partial charge in [0.25, 0.3) is 0 Å². The van der Waals surface area contributed by atoms with Gasteiger partial charge in [0.2, 0.25) is 0 Å². The molecule has 2 rings (SSSR count). The number of anilines is 1. The van der Waals surface area contributed by atoms with Gasteiger partial charge in [0.15, 0.2) is 5.78 Å². The molecule has 0 aliphatic heterocycles. The van der Waals surface area contributed by atoms with E-state index in [0.717, 1.165) is 5.56 Å². The zero-order valence-electron chi connectivity index (χ0n) is 8.92. The fourth-order valence-corrected chi connectivity index (χ4v) is 1.45. The van der Waals surface area contributed by atoms with Gasteiger partial charge in [-0.3, -0.25) is 4.79 Å². The second-order valence-electron chi connectivity index (χ2n) is 3.58. The predicted octanol–water partition coefficient (Wildman–Crippen LogP) is 0.823. The molecule has 0 radical (unpaired) electrons. The molecule has 1 aromatic carbocycles. The zero-order chi connectivity index (χ0) is 11.5. The molecule has 0 bridgehead atoms. The van der Waals surface area contributed by atoms with Gasteiger partial charge in [0.1, 0.15) is 5.69 Å². The third-order valence-electron chi connectivity index (χ3n) is 2.34. The number of nitrogens with two attached hydrogens (primary N) is 1. The summed E-state index contributed by atoms with van der Waals surface area (Å²) in [5.41, 5.74) is 7.70. The van der Waals surface area contributed by atoms with E-state index < -0.39 is 0 Å². The van der Waals surface area contributed by atoms with Crippen molar-refractivity contribution in [2.24, 2.45) is 7.05 Å². The van der Waals surface area contributed by atoms with Gasteiger partial charge in [-0.25, -0.2) is 4.68 Å². The van der Waals surface area contributed by atoms with Gasteiger partial charge >= 0.3 is 0 Å². The first kappa shape index (κ1) is 10.4. The van der Waals surface area contributed by atoms with Gasteiger partial charge in [-0.2, -0.15) is 0 Å². The second kappa shape index (κ2) is 4.14. The molecule has 0 spiro atoms. The number of hydrogen-bond acceptors (Lipinski definition) is 4. The molecule has 0 atom stereocenters. The van der Waals surface area contributed by atoms with Gasteiger partial charge in [-0.05, 0) is 17.7 Å². The minimum absolute atomic E-state index is 0.00253. The molecule has 82 valence electrons. The lowest BCUT2D eigenvalue weighted by Crippen LogP contribution is -2.09. The van der Waals surface area contributed by atoms with Crippen LogP contribution < -0.4 is 5.73 Å². The first-order valence-electron chi connectivity index (χ1n) is 4.89. The standard InChI is InChI=1S/C11H12N4O/c1-15-10(7-13-14-15)11(16)6-8-2-4-9(12)5-3-8/h2-5,7H,6,12H2,1H3. The Kier molecular flexibility index (Phi) is 2.68. The van der Waals surface area contributed by atoms with Crippen LogP contribution in [0.4, 0.5) is 5.69 Å². The summed E-state index contributed by atoms with van der Waals surface area (Å²) in [6.07, 6.45) is 1.81. The third-order valence-corrected chi connectivity index (χ3v) is 2.34. The topological polar surface area (TPSA) is 73.8 Å². The van der Waals surface area contributed by atoms with E-state index in [-0.39, 0.29) is 5.78 Å². The fourth-order valence-electron chi connectivity index (χ4n) is 1.45. The highest BCUT2D eigenvalue weighted by Gasteiger charge is 2.11. The molecule has 0 aliphatic rings. The molecule has 0 saturated heterocycles. The van der Waals surface area contributed by atoms with Crippen LogP contribution in [0.25, 0.3) is 0 Å². The molecule has 2 aromatic rings. The molecule has 5 heteroatoms. The number of nitrogens with zero attached hydrogens (tertiary/aromatic N) is 3. The van der Waals surface area contributed by atoms with E-state index in [4.69, 9.17) is 5.73 Å². The molecular weight excluding hydrogens is 204 g/mol. The number of aryl methyl sites for hydroxylation is 1. The summed E-state index contributed by atoms with van der Waals surface area (Å²) in [4.78, 5) is 11.8. The zero-order valence-corrected chi connectivity index (χ0v) is 8.92. The van der Waals surface area contributed by atoms with E-state index in [0.29, 0.717) is 17.8 Å². The molecule has 1 heterocycles. The van der Waals surface area contributed by atoms with Gasteiger partial charge in [0, 0.05) is 19.2 Å². The van der Waals surface area contributed by atoms with Gasteiger partial charge in [0.05, 0.1) is 6.20 Å². The van der Waals surface area contributed by atoms with Crippen LogP contribution in [0.1, 0.15) is 16.1 Å². The molecule has 16 heavy (non-hydrogen) atoms. The lowest BCUT2D eigenvalue weighted by Gasteiger charge is -2.01. The van der Waals surface area contributed by atoms with E-state index in [1.54, 1.807) is 19.2 Å². The minimum Gasteiger partial charge on any atom is -0.399 e. The summed E-state index contributed by atoms with van der Waals surface area (Å²) >= 11 is 0. The smallest absolute Gasteiger partial charge is 0.186 e. The Bertz CT molecular complexity index is 501. The summed E-state index contributed by atoms with van der Waals surface area (Å²) < 4.78 is 1.47. The van der Waals surface area contributed by atoms with E-state index in [2.05, 4.69) is 10.3 Å². The Labute approximate surface area is 92.9 Å². The molecule has 0 unspecified atom stereocenters. The number of carbonyl (C=O) groups is 1. The van der Waals surface area contributed by atoms with Crippen molar-refractivity contribution in [2.45, 2.75) is 6.42 Å². The third kappa shape index (κ3) is 2.08.